The summed E-state index contributed by atoms with van der Waals surface area (Å²) in [6.07, 6.45) is 1.69. The topological polar surface area (TPSA) is 73.9 Å². The van der Waals surface area contributed by atoms with Crippen LogP contribution < -0.4 is 5.32 Å². The molecule has 0 unspecified atom stereocenters. The zero-order chi connectivity index (χ0) is 19.2. The van der Waals surface area contributed by atoms with Crippen LogP contribution >= 0.6 is 0 Å². The molecule has 1 saturated carbocycles. The summed E-state index contributed by atoms with van der Waals surface area (Å²) in [5, 5.41) is 2.74. The van der Waals surface area contributed by atoms with Crippen molar-refractivity contribution in [3.05, 3.63) is 35.9 Å². The van der Waals surface area contributed by atoms with E-state index in [0.29, 0.717) is 32.3 Å². The van der Waals surface area contributed by atoms with E-state index in [1.165, 1.54) is 7.11 Å². The van der Waals surface area contributed by atoms with Crippen molar-refractivity contribution in [2.24, 2.45) is 0 Å². The molecule has 0 aliphatic heterocycles. The Balaban J connectivity index is 1.93. The van der Waals surface area contributed by atoms with Crippen molar-refractivity contribution in [2.75, 3.05) is 7.11 Å². The molecule has 0 spiro atoms. The molecule has 1 aromatic carbocycles. The molecule has 0 bridgehead atoms. The SMILES string of the molecule is COC(=O)C1(NC(=O)OC(C)(C)C)CCC(OCc2ccccc2)CC1. The number of hydrogen-bond acceptors (Lipinski definition) is 5. The van der Waals surface area contributed by atoms with Crippen LogP contribution in [0.5, 0.6) is 0 Å². The molecule has 0 atom stereocenters. The minimum absolute atomic E-state index is 0.0495. The molecule has 1 N–H and O–H groups in total. The first-order valence-electron chi connectivity index (χ1n) is 8.99. The van der Waals surface area contributed by atoms with Gasteiger partial charge in [0.25, 0.3) is 0 Å². The minimum atomic E-state index is -1.05. The van der Waals surface area contributed by atoms with Gasteiger partial charge in [0.2, 0.25) is 0 Å². The van der Waals surface area contributed by atoms with E-state index in [9.17, 15) is 9.59 Å². The molecule has 0 radical (unpaired) electrons. The summed E-state index contributed by atoms with van der Waals surface area (Å²) in [5.74, 6) is -0.440. The molecular weight excluding hydrogens is 334 g/mol. The van der Waals surface area contributed by atoms with Crippen molar-refractivity contribution in [1.29, 1.82) is 0 Å². The maximum atomic E-state index is 12.3. The van der Waals surface area contributed by atoms with Gasteiger partial charge in [0.15, 0.2) is 0 Å². The molecule has 6 nitrogen and oxygen atoms in total. The van der Waals surface area contributed by atoms with Gasteiger partial charge in [-0.25, -0.2) is 9.59 Å². The maximum absolute atomic E-state index is 12.3. The quantitative estimate of drug-likeness (QED) is 0.810. The van der Waals surface area contributed by atoms with Crippen molar-refractivity contribution >= 4 is 12.1 Å². The van der Waals surface area contributed by atoms with Crippen LogP contribution in [0.15, 0.2) is 30.3 Å². The number of amides is 1. The van der Waals surface area contributed by atoms with Crippen molar-refractivity contribution < 1.29 is 23.8 Å². The fraction of sp³-hybridized carbons (Fsp3) is 0.600. The standard InChI is InChI=1S/C20H29NO5/c1-19(2,3)26-18(23)21-20(17(22)24-4)12-10-16(11-13-20)25-14-15-8-6-5-7-9-15/h5-9,16H,10-14H2,1-4H3,(H,21,23). The summed E-state index contributed by atoms with van der Waals surface area (Å²) >= 11 is 0. The molecule has 0 heterocycles. The highest BCUT2D eigenvalue weighted by atomic mass is 16.6. The van der Waals surface area contributed by atoms with E-state index < -0.39 is 23.2 Å². The lowest BCUT2D eigenvalue weighted by molar-refractivity contribution is -0.151. The molecule has 1 amide bonds. The summed E-state index contributed by atoms with van der Waals surface area (Å²) < 4.78 is 16.2. The molecule has 1 fully saturated rings. The number of ether oxygens (including phenoxy) is 3. The Hall–Kier alpha value is -2.08. The molecule has 0 saturated heterocycles. The smallest absolute Gasteiger partial charge is 0.408 e. The Morgan fingerprint density at radius 1 is 1.15 bits per heavy atom. The lowest BCUT2D eigenvalue weighted by Gasteiger charge is -2.38. The van der Waals surface area contributed by atoms with Crippen molar-refractivity contribution in [3.63, 3.8) is 0 Å². The Bertz CT molecular complexity index is 600. The molecule has 144 valence electrons. The number of hydrogen-bond donors (Lipinski definition) is 1. The third-order valence-electron chi connectivity index (χ3n) is 4.43. The summed E-state index contributed by atoms with van der Waals surface area (Å²) in [5.41, 5.74) is -0.564. The van der Waals surface area contributed by atoms with Crippen LogP contribution in [0.3, 0.4) is 0 Å². The molecular formula is C20H29NO5. The van der Waals surface area contributed by atoms with Gasteiger partial charge < -0.3 is 19.5 Å². The predicted octanol–water partition coefficient (Wildman–Crippen LogP) is 3.58. The number of rotatable bonds is 5. The lowest BCUT2D eigenvalue weighted by atomic mass is 9.80. The molecule has 1 aliphatic carbocycles. The second-order valence-corrected chi connectivity index (χ2v) is 7.70. The Morgan fingerprint density at radius 2 is 1.77 bits per heavy atom. The van der Waals surface area contributed by atoms with Crippen LogP contribution in [0.2, 0.25) is 0 Å². The Kier molecular flexibility index (Phi) is 6.64. The monoisotopic (exact) mass is 363 g/mol. The minimum Gasteiger partial charge on any atom is -0.467 e. The van der Waals surface area contributed by atoms with Crippen LogP contribution in [0.4, 0.5) is 4.79 Å². The van der Waals surface area contributed by atoms with E-state index in [0.717, 1.165) is 5.56 Å². The van der Waals surface area contributed by atoms with E-state index in [2.05, 4.69) is 5.32 Å². The molecule has 2 rings (SSSR count). The normalized spacial score (nSPS) is 23.2. The maximum Gasteiger partial charge on any atom is 0.408 e. The van der Waals surface area contributed by atoms with E-state index >= 15 is 0 Å². The zero-order valence-electron chi connectivity index (χ0n) is 16.0. The second kappa shape index (κ2) is 8.54. The summed E-state index contributed by atoms with van der Waals surface area (Å²) in [6, 6.07) is 9.97. The summed E-state index contributed by atoms with van der Waals surface area (Å²) in [6.45, 7) is 5.89. The highest BCUT2D eigenvalue weighted by Gasteiger charge is 2.45. The van der Waals surface area contributed by atoms with Crippen molar-refractivity contribution in [1.82, 2.24) is 5.32 Å². The van der Waals surface area contributed by atoms with Gasteiger partial charge in [0, 0.05) is 0 Å². The van der Waals surface area contributed by atoms with Crippen LogP contribution in [-0.4, -0.2) is 36.4 Å². The van der Waals surface area contributed by atoms with Crippen LogP contribution in [0.1, 0.15) is 52.0 Å². The van der Waals surface area contributed by atoms with E-state index in [-0.39, 0.29) is 6.10 Å². The van der Waals surface area contributed by atoms with Gasteiger partial charge in [-0.15, -0.1) is 0 Å². The van der Waals surface area contributed by atoms with E-state index in [4.69, 9.17) is 14.2 Å². The van der Waals surface area contributed by atoms with Gasteiger partial charge in [-0.3, -0.25) is 0 Å². The van der Waals surface area contributed by atoms with E-state index in [1.807, 2.05) is 30.3 Å². The summed E-state index contributed by atoms with van der Waals surface area (Å²) in [7, 11) is 1.33. The fourth-order valence-electron chi connectivity index (χ4n) is 3.11. The number of alkyl carbamates (subject to hydrolysis) is 1. The molecule has 0 aromatic heterocycles. The summed E-state index contributed by atoms with van der Waals surface area (Å²) in [4.78, 5) is 24.5. The third-order valence-corrected chi connectivity index (χ3v) is 4.43. The first-order valence-corrected chi connectivity index (χ1v) is 8.99. The zero-order valence-corrected chi connectivity index (χ0v) is 16.0. The van der Waals surface area contributed by atoms with E-state index in [1.54, 1.807) is 20.8 Å². The van der Waals surface area contributed by atoms with Crippen molar-refractivity contribution in [3.8, 4) is 0 Å². The lowest BCUT2D eigenvalue weighted by Crippen LogP contribution is -2.58. The average molecular weight is 363 g/mol. The van der Waals surface area contributed by atoms with Crippen molar-refractivity contribution in [2.45, 2.75) is 70.3 Å². The van der Waals surface area contributed by atoms with Gasteiger partial charge in [0.05, 0.1) is 19.8 Å². The van der Waals surface area contributed by atoms with Crippen LogP contribution in [-0.2, 0) is 25.6 Å². The van der Waals surface area contributed by atoms with Crippen LogP contribution in [0.25, 0.3) is 0 Å². The average Bonchev–Trinajstić information content (AvgIpc) is 2.59. The number of carbonyl (C=O) groups is 2. The number of carbonyl (C=O) groups excluding carboxylic acids is 2. The van der Waals surface area contributed by atoms with Gasteiger partial charge in [-0.2, -0.15) is 0 Å². The fourth-order valence-corrected chi connectivity index (χ4v) is 3.11. The number of esters is 1. The van der Waals surface area contributed by atoms with Gasteiger partial charge in [-0.05, 0) is 52.0 Å². The molecule has 6 heteroatoms. The van der Waals surface area contributed by atoms with Gasteiger partial charge >= 0.3 is 12.1 Å². The predicted molar refractivity (Wildman–Crippen MR) is 97.6 cm³/mol. The Labute approximate surface area is 155 Å². The third kappa shape index (κ3) is 5.73. The Morgan fingerprint density at radius 3 is 2.31 bits per heavy atom. The first-order chi connectivity index (χ1) is 12.2. The van der Waals surface area contributed by atoms with Crippen LogP contribution in [0, 0.1) is 0 Å². The molecule has 1 aromatic rings. The first kappa shape index (κ1) is 20.2. The number of methoxy groups -OCH3 is 1. The highest BCUT2D eigenvalue weighted by Crippen LogP contribution is 2.32. The highest BCUT2D eigenvalue weighted by molar-refractivity contribution is 5.86. The van der Waals surface area contributed by atoms with Gasteiger partial charge in [0.1, 0.15) is 11.1 Å². The second-order valence-electron chi connectivity index (χ2n) is 7.70. The van der Waals surface area contributed by atoms with Gasteiger partial charge in [-0.1, -0.05) is 30.3 Å². The molecule has 26 heavy (non-hydrogen) atoms. The largest absolute Gasteiger partial charge is 0.467 e. The molecule has 1 aliphatic rings. The number of nitrogens with one attached hydrogen (secondary N) is 1. The number of benzene rings is 1.